The third kappa shape index (κ3) is 3.77. The van der Waals surface area contributed by atoms with Gasteiger partial charge < -0.3 is 0 Å². The highest BCUT2D eigenvalue weighted by Gasteiger charge is 2.09. The van der Waals surface area contributed by atoms with E-state index >= 15 is 0 Å². The molecule has 0 radical (unpaired) electrons. The molecule has 0 aliphatic carbocycles. The van der Waals surface area contributed by atoms with Gasteiger partial charge in [0.15, 0.2) is 0 Å². The van der Waals surface area contributed by atoms with Gasteiger partial charge in [-0.3, -0.25) is 0 Å². The number of rotatable bonds is 4. The molecule has 5 heteroatoms. The third-order valence-corrected chi connectivity index (χ3v) is 3.55. The van der Waals surface area contributed by atoms with E-state index in [1.807, 2.05) is 12.1 Å². The Morgan fingerprint density at radius 2 is 2.14 bits per heavy atom. The minimum Gasteiger partial charge on any atom is -0.215 e. The van der Waals surface area contributed by atoms with E-state index in [4.69, 9.17) is 0 Å². The Morgan fingerprint density at radius 3 is 2.71 bits per heavy atom. The first-order valence-corrected chi connectivity index (χ1v) is 6.70. The molecular formula is C9H12BrNO2S. The molecular weight excluding hydrogens is 266 g/mol. The quantitative estimate of drug-likeness (QED) is 0.914. The van der Waals surface area contributed by atoms with Gasteiger partial charge in [0, 0.05) is 11.0 Å². The smallest absolute Gasteiger partial charge is 0.215 e. The summed E-state index contributed by atoms with van der Waals surface area (Å²) < 4.78 is 26.1. The Morgan fingerprint density at radius 1 is 1.43 bits per heavy atom. The number of hydrogen-bond donors (Lipinski definition) is 1. The predicted octanol–water partition coefficient (Wildman–Crippen LogP) is 1.89. The molecule has 0 heterocycles. The van der Waals surface area contributed by atoms with Crippen LogP contribution in [0.25, 0.3) is 0 Å². The van der Waals surface area contributed by atoms with Gasteiger partial charge in [0.1, 0.15) is 0 Å². The Labute approximate surface area is 92.7 Å². The maximum absolute atomic E-state index is 11.4. The highest BCUT2D eigenvalue weighted by atomic mass is 79.9. The average Bonchev–Trinajstić information content (AvgIpc) is 2.02. The summed E-state index contributed by atoms with van der Waals surface area (Å²) in [5, 5.41) is 0. The largest absolute Gasteiger partial charge is 0.215 e. The van der Waals surface area contributed by atoms with Gasteiger partial charge >= 0.3 is 0 Å². The van der Waals surface area contributed by atoms with Crippen LogP contribution in [0.2, 0.25) is 0 Å². The summed E-state index contributed by atoms with van der Waals surface area (Å²) in [7, 11) is -3.17. The van der Waals surface area contributed by atoms with Crippen molar-refractivity contribution in [2.75, 3.05) is 6.54 Å². The van der Waals surface area contributed by atoms with E-state index in [2.05, 4.69) is 20.7 Å². The zero-order valence-corrected chi connectivity index (χ0v) is 10.2. The van der Waals surface area contributed by atoms with Crippen molar-refractivity contribution in [1.29, 1.82) is 0 Å². The SMILES string of the molecule is CCNS(=O)(=O)Cc1cccc(Br)c1. The average molecular weight is 278 g/mol. The maximum Gasteiger partial charge on any atom is 0.215 e. The predicted molar refractivity (Wildman–Crippen MR) is 60.4 cm³/mol. The van der Waals surface area contributed by atoms with Gasteiger partial charge in [-0.2, -0.15) is 0 Å². The maximum atomic E-state index is 11.4. The minimum atomic E-state index is -3.17. The van der Waals surface area contributed by atoms with Crippen molar-refractivity contribution >= 4 is 26.0 Å². The molecule has 3 nitrogen and oxygen atoms in total. The molecule has 0 fully saturated rings. The van der Waals surface area contributed by atoms with Crippen LogP contribution in [0.3, 0.4) is 0 Å². The second kappa shape index (κ2) is 4.91. The lowest BCUT2D eigenvalue weighted by Gasteiger charge is -2.04. The van der Waals surface area contributed by atoms with E-state index in [1.165, 1.54) is 0 Å². The molecule has 0 amide bonds. The van der Waals surface area contributed by atoms with Gasteiger partial charge in [0.05, 0.1) is 5.75 Å². The first kappa shape index (κ1) is 11.7. The summed E-state index contributed by atoms with van der Waals surface area (Å²) >= 11 is 3.29. The number of nitrogens with one attached hydrogen (secondary N) is 1. The van der Waals surface area contributed by atoms with E-state index in [1.54, 1.807) is 19.1 Å². The first-order chi connectivity index (χ1) is 6.53. The number of hydrogen-bond acceptors (Lipinski definition) is 2. The Hall–Kier alpha value is -0.390. The summed E-state index contributed by atoms with van der Waals surface area (Å²) in [4.78, 5) is 0. The molecule has 0 saturated heterocycles. The molecule has 0 saturated carbocycles. The Kier molecular flexibility index (Phi) is 4.10. The van der Waals surface area contributed by atoms with Crippen LogP contribution in [0, 0.1) is 0 Å². The fraction of sp³-hybridized carbons (Fsp3) is 0.333. The molecule has 1 aromatic rings. The monoisotopic (exact) mass is 277 g/mol. The van der Waals surface area contributed by atoms with Gasteiger partial charge in [0.2, 0.25) is 10.0 Å². The fourth-order valence-corrected chi connectivity index (χ4v) is 2.72. The molecule has 0 bridgehead atoms. The standard InChI is InChI=1S/C9H12BrNO2S/c1-2-11-14(12,13)7-8-4-3-5-9(10)6-8/h3-6,11H,2,7H2,1H3. The van der Waals surface area contributed by atoms with Crippen LogP contribution in [0.1, 0.15) is 12.5 Å². The second-order valence-electron chi connectivity index (χ2n) is 2.89. The van der Waals surface area contributed by atoms with Crippen molar-refractivity contribution in [3.8, 4) is 0 Å². The normalized spacial score (nSPS) is 11.6. The molecule has 0 atom stereocenters. The van der Waals surface area contributed by atoms with Crippen LogP contribution in [-0.2, 0) is 15.8 Å². The molecule has 0 spiro atoms. The molecule has 1 rings (SSSR count). The summed E-state index contributed by atoms with van der Waals surface area (Å²) in [5.41, 5.74) is 0.778. The van der Waals surface area contributed by atoms with Crippen LogP contribution in [0.15, 0.2) is 28.7 Å². The van der Waals surface area contributed by atoms with Crippen molar-refractivity contribution in [2.45, 2.75) is 12.7 Å². The van der Waals surface area contributed by atoms with E-state index in [9.17, 15) is 8.42 Å². The van der Waals surface area contributed by atoms with E-state index in [0.29, 0.717) is 6.54 Å². The Balaban J connectivity index is 2.79. The number of sulfonamides is 1. The third-order valence-electron chi connectivity index (χ3n) is 1.61. The molecule has 0 aliphatic rings. The molecule has 0 unspecified atom stereocenters. The van der Waals surface area contributed by atoms with Gasteiger partial charge in [-0.25, -0.2) is 13.1 Å². The number of halogens is 1. The summed E-state index contributed by atoms with van der Waals surface area (Å²) in [5.74, 6) is 0.0281. The van der Waals surface area contributed by atoms with Crippen LogP contribution in [0.4, 0.5) is 0 Å². The Bertz CT molecular complexity index is 403. The van der Waals surface area contributed by atoms with Crippen LogP contribution < -0.4 is 4.72 Å². The van der Waals surface area contributed by atoms with Crippen LogP contribution in [-0.4, -0.2) is 15.0 Å². The van der Waals surface area contributed by atoms with Gasteiger partial charge in [-0.15, -0.1) is 0 Å². The van der Waals surface area contributed by atoms with Crippen molar-refractivity contribution < 1.29 is 8.42 Å². The van der Waals surface area contributed by atoms with Gasteiger partial charge in [-0.1, -0.05) is 35.0 Å². The van der Waals surface area contributed by atoms with Crippen molar-refractivity contribution in [1.82, 2.24) is 4.72 Å². The highest BCUT2D eigenvalue weighted by Crippen LogP contribution is 2.13. The minimum absolute atomic E-state index is 0.0281. The van der Waals surface area contributed by atoms with E-state index in [0.717, 1.165) is 10.0 Å². The van der Waals surface area contributed by atoms with Crippen LogP contribution in [0.5, 0.6) is 0 Å². The lowest BCUT2D eigenvalue weighted by Crippen LogP contribution is -2.24. The number of benzene rings is 1. The van der Waals surface area contributed by atoms with E-state index in [-0.39, 0.29) is 5.75 Å². The zero-order chi connectivity index (χ0) is 10.6. The first-order valence-electron chi connectivity index (χ1n) is 4.25. The topological polar surface area (TPSA) is 46.2 Å². The van der Waals surface area contributed by atoms with Crippen molar-refractivity contribution in [3.63, 3.8) is 0 Å². The molecule has 78 valence electrons. The highest BCUT2D eigenvalue weighted by molar-refractivity contribution is 9.10. The van der Waals surface area contributed by atoms with Crippen molar-refractivity contribution in [2.24, 2.45) is 0 Å². The van der Waals surface area contributed by atoms with Crippen LogP contribution >= 0.6 is 15.9 Å². The lowest BCUT2D eigenvalue weighted by molar-refractivity contribution is 0.583. The fourth-order valence-electron chi connectivity index (χ4n) is 1.12. The van der Waals surface area contributed by atoms with Gasteiger partial charge in [-0.05, 0) is 17.7 Å². The molecule has 1 aromatic carbocycles. The summed E-state index contributed by atoms with van der Waals surface area (Å²) in [6.07, 6.45) is 0. The lowest BCUT2D eigenvalue weighted by atomic mass is 10.2. The molecule has 14 heavy (non-hydrogen) atoms. The second-order valence-corrected chi connectivity index (χ2v) is 5.61. The zero-order valence-electron chi connectivity index (χ0n) is 7.83. The van der Waals surface area contributed by atoms with Crippen molar-refractivity contribution in [3.05, 3.63) is 34.3 Å². The van der Waals surface area contributed by atoms with Gasteiger partial charge in [0.25, 0.3) is 0 Å². The van der Waals surface area contributed by atoms with E-state index < -0.39 is 10.0 Å². The molecule has 0 aromatic heterocycles. The summed E-state index contributed by atoms with van der Waals surface area (Å²) in [6, 6.07) is 7.28. The molecule has 0 aliphatic heterocycles. The summed E-state index contributed by atoms with van der Waals surface area (Å²) in [6.45, 7) is 2.19. The molecule has 1 N–H and O–H groups in total.